The zero-order chi connectivity index (χ0) is 20.9. The molecule has 1 atom stereocenters. The lowest BCUT2D eigenvalue weighted by atomic mass is 9.98. The van der Waals surface area contributed by atoms with Gasteiger partial charge in [0.1, 0.15) is 6.54 Å². The second-order valence-electron chi connectivity index (χ2n) is 8.38. The third-order valence-corrected chi connectivity index (χ3v) is 6.34. The summed E-state index contributed by atoms with van der Waals surface area (Å²) in [6.45, 7) is 9.03. The number of hydrogen-bond donors (Lipinski definition) is 1. The highest BCUT2D eigenvalue weighted by atomic mass is 16.2. The van der Waals surface area contributed by atoms with Gasteiger partial charge in [-0.3, -0.25) is 4.79 Å². The van der Waals surface area contributed by atoms with Crippen molar-refractivity contribution >= 4 is 11.6 Å². The van der Waals surface area contributed by atoms with E-state index >= 15 is 0 Å². The van der Waals surface area contributed by atoms with Crippen molar-refractivity contribution in [2.24, 2.45) is 0 Å². The lowest BCUT2D eigenvalue weighted by molar-refractivity contribution is -0.959. The summed E-state index contributed by atoms with van der Waals surface area (Å²) in [5, 5.41) is 12.5. The average molecular weight is 391 g/mol. The highest BCUT2D eigenvalue weighted by molar-refractivity contribution is 5.95. The third-order valence-electron chi connectivity index (χ3n) is 6.34. The van der Waals surface area contributed by atoms with Gasteiger partial charge in [-0.05, 0) is 56.4 Å². The summed E-state index contributed by atoms with van der Waals surface area (Å²) < 4.78 is 0.780. The number of anilines is 1. The monoisotopic (exact) mass is 390 g/mol. The van der Waals surface area contributed by atoms with Crippen molar-refractivity contribution in [1.82, 2.24) is 0 Å². The van der Waals surface area contributed by atoms with Gasteiger partial charge in [0.2, 0.25) is 0 Å². The number of para-hydroxylation sites is 1. The van der Waals surface area contributed by atoms with Gasteiger partial charge in [0.15, 0.2) is 6.04 Å². The van der Waals surface area contributed by atoms with Gasteiger partial charge < -0.3 is 9.80 Å². The Labute approximate surface area is 174 Å². The molecule has 1 fully saturated rings. The molecular formula is C25H32N3O+. The van der Waals surface area contributed by atoms with Crippen LogP contribution in [0, 0.1) is 25.2 Å². The first kappa shape index (κ1) is 21.1. The van der Waals surface area contributed by atoms with E-state index in [0.29, 0.717) is 5.56 Å². The Bertz CT molecular complexity index is 886. The fourth-order valence-electron chi connectivity index (χ4n) is 4.86. The fourth-order valence-corrected chi connectivity index (χ4v) is 4.86. The predicted molar refractivity (Wildman–Crippen MR) is 117 cm³/mol. The second kappa shape index (κ2) is 9.24. The maximum absolute atomic E-state index is 13.5. The summed E-state index contributed by atoms with van der Waals surface area (Å²) in [4.78, 5) is 13.5. The van der Waals surface area contributed by atoms with Crippen LogP contribution in [-0.2, 0) is 11.3 Å². The first-order valence-electron chi connectivity index (χ1n) is 10.7. The van der Waals surface area contributed by atoms with Crippen molar-refractivity contribution < 1.29 is 9.28 Å². The molecule has 0 saturated carbocycles. The molecule has 1 unspecified atom stereocenters. The number of carbonyl (C=O) groups is 1. The smallest absolute Gasteiger partial charge is 0.282 e. The van der Waals surface area contributed by atoms with Gasteiger partial charge in [-0.15, -0.1) is 0 Å². The number of aryl methyl sites for hydroxylation is 2. The second-order valence-corrected chi connectivity index (χ2v) is 8.38. The van der Waals surface area contributed by atoms with Crippen LogP contribution < -0.4 is 5.32 Å². The topological polar surface area (TPSA) is 52.9 Å². The van der Waals surface area contributed by atoms with Gasteiger partial charge >= 0.3 is 0 Å². The molecule has 0 spiro atoms. The first-order valence-corrected chi connectivity index (χ1v) is 10.7. The lowest BCUT2D eigenvalue weighted by Crippen LogP contribution is -2.61. The molecule has 1 amide bonds. The fraction of sp³-hybridized carbons (Fsp3) is 0.440. The van der Waals surface area contributed by atoms with Crippen LogP contribution in [0.2, 0.25) is 0 Å². The molecule has 0 bridgehead atoms. The van der Waals surface area contributed by atoms with Crippen molar-refractivity contribution in [3.63, 3.8) is 0 Å². The Morgan fingerprint density at radius 3 is 2.38 bits per heavy atom. The molecular weight excluding hydrogens is 358 g/mol. The van der Waals surface area contributed by atoms with Crippen molar-refractivity contribution in [2.75, 3.05) is 18.4 Å². The SMILES string of the molecule is CCC(C(=O)Nc1c(C)cccc1C)[N+]1(Cc2cccc(C#N)c2)CCCCC1. The summed E-state index contributed by atoms with van der Waals surface area (Å²) in [6, 6.07) is 16.1. The number of quaternary nitrogens is 1. The molecule has 1 aliphatic heterocycles. The molecule has 2 aromatic rings. The summed E-state index contributed by atoms with van der Waals surface area (Å²) in [6.07, 6.45) is 4.32. The van der Waals surface area contributed by atoms with Crippen LogP contribution in [0.25, 0.3) is 0 Å². The standard InChI is InChI=1S/C25H31N3O/c1-4-23(25(29)27-24-19(2)10-8-11-20(24)3)28(14-6-5-7-15-28)18-22-13-9-12-21(16-22)17-26/h8-13,16,23H,4-7,14-15,18H2,1-3H3/p+1. The Kier molecular flexibility index (Phi) is 6.71. The van der Waals surface area contributed by atoms with Crippen LogP contribution in [0.5, 0.6) is 0 Å². The van der Waals surface area contributed by atoms with Gasteiger partial charge in [0.05, 0.1) is 24.7 Å². The van der Waals surface area contributed by atoms with Gasteiger partial charge in [-0.25, -0.2) is 0 Å². The number of rotatable bonds is 6. The molecule has 1 N–H and O–H groups in total. The van der Waals surface area contributed by atoms with E-state index in [4.69, 9.17) is 0 Å². The maximum Gasteiger partial charge on any atom is 0.282 e. The largest absolute Gasteiger partial charge is 0.320 e. The van der Waals surface area contributed by atoms with Crippen molar-refractivity contribution in [3.05, 3.63) is 64.7 Å². The summed E-state index contributed by atoms with van der Waals surface area (Å²) in [7, 11) is 0. The molecule has 29 heavy (non-hydrogen) atoms. The van der Waals surface area contributed by atoms with Crippen molar-refractivity contribution in [2.45, 2.75) is 59.0 Å². The zero-order valence-electron chi connectivity index (χ0n) is 17.9. The maximum atomic E-state index is 13.5. The molecule has 3 rings (SSSR count). The summed E-state index contributed by atoms with van der Waals surface area (Å²) in [5.74, 6) is 0.114. The Morgan fingerprint density at radius 1 is 1.10 bits per heavy atom. The van der Waals surface area contributed by atoms with Crippen LogP contribution in [0.15, 0.2) is 42.5 Å². The molecule has 0 radical (unpaired) electrons. The van der Waals surface area contributed by atoms with Gasteiger partial charge in [0.25, 0.3) is 5.91 Å². The van der Waals surface area contributed by atoms with Crippen LogP contribution in [-0.4, -0.2) is 29.5 Å². The molecule has 1 heterocycles. The van der Waals surface area contributed by atoms with E-state index in [-0.39, 0.29) is 11.9 Å². The van der Waals surface area contributed by atoms with E-state index in [9.17, 15) is 10.1 Å². The van der Waals surface area contributed by atoms with E-state index in [0.717, 1.165) is 65.8 Å². The Balaban J connectivity index is 1.90. The van der Waals surface area contributed by atoms with Crippen molar-refractivity contribution in [3.8, 4) is 6.07 Å². The molecule has 0 aromatic heterocycles. The number of nitrogens with one attached hydrogen (secondary N) is 1. The summed E-state index contributed by atoms with van der Waals surface area (Å²) >= 11 is 0. The summed E-state index contributed by atoms with van der Waals surface area (Å²) in [5.41, 5.74) is 4.97. The number of carbonyl (C=O) groups excluding carboxylic acids is 1. The van der Waals surface area contributed by atoms with Gasteiger partial charge in [-0.2, -0.15) is 5.26 Å². The van der Waals surface area contributed by atoms with Crippen molar-refractivity contribution in [1.29, 1.82) is 5.26 Å². The normalized spacial score (nSPS) is 16.6. The van der Waals surface area contributed by atoms with E-state index in [2.05, 4.69) is 24.4 Å². The number of amides is 1. The zero-order valence-corrected chi connectivity index (χ0v) is 17.9. The number of nitriles is 1. The predicted octanol–water partition coefficient (Wildman–Crippen LogP) is 5.09. The third kappa shape index (κ3) is 4.68. The molecule has 4 nitrogen and oxygen atoms in total. The number of likely N-dealkylation sites (tertiary alicyclic amines) is 1. The van der Waals surface area contributed by atoms with E-state index in [1.165, 1.54) is 6.42 Å². The average Bonchev–Trinajstić information content (AvgIpc) is 2.72. The van der Waals surface area contributed by atoms with E-state index in [1.54, 1.807) is 0 Å². The molecule has 0 aliphatic carbocycles. The van der Waals surface area contributed by atoms with Crippen LogP contribution in [0.3, 0.4) is 0 Å². The number of benzene rings is 2. The lowest BCUT2D eigenvalue weighted by Gasteiger charge is -2.46. The van der Waals surface area contributed by atoms with Gasteiger partial charge in [0, 0.05) is 17.7 Å². The molecule has 2 aromatic carbocycles. The molecule has 1 saturated heterocycles. The quantitative estimate of drug-likeness (QED) is 0.698. The number of nitrogens with zero attached hydrogens (tertiary/aromatic N) is 2. The minimum absolute atomic E-state index is 0.0972. The van der Waals surface area contributed by atoms with E-state index in [1.807, 2.05) is 50.2 Å². The van der Waals surface area contributed by atoms with Crippen LogP contribution in [0.1, 0.15) is 54.9 Å². The minimum atomic E-state index is -0.0972. The molecule has 4 heteroatoms. The first-order chi connectivity index (χ1) is 14.0. The number of piperidine rings is 1. The van der Waals surface area contributed by atoms with Gasteiger partial charge in [-0.1, -0.05) is 37.3 Å². The van der Waals surface area contributed by atoms with Crippen LogP contribution >= 0.6 is 0 Å². The minimum Gasteiger partial charge on any atom is -0.320 e. The van der Waals surface area contributed by atoms with Crippen LogP contribution in [0.4, 0.5) is 5.69 Å². The number of hydrogen-bond acceptors (Lipinski definition) is 2. The Hall–Kier alpha value is -2.64. The van der Waals surface area contributed by atoms with E-state index < -0.39 is 0 Å². The molecule has 152 valence electrons. The molecule has 1 aliphatic rings. The highest BCUT2D eigenvalue weighted by Crippen LogP contribution is 2.30. The Morgan fingerprint density at radius 2 is 1.76 bits per heavy atom. The highest BCUT2D eigenvalue weighted by Gasteiger charge is 2.42.